The summed E-state index contributed by atoms with van der Waals surface area (Å²) in [6.45, 7) is 0. The van der Waals surface area contributed by atoms with Gasteiger partial charge in [0.2, 0.25) is 0 Å². The van der Waals surface area contributed by atoms with E-state index in [2.05, 4.69) is 238 Å². The Kier molecular flexibility index (Phi) is 10.4. The molecule has 2 N–H and O–H groups in total. The molecule has 1 aliphatic carbocycles. The lowest BCUT2D eigenvalue weighted by Crippen LogP contribution is -2.20. The van der Waals surface area contributed by atoms with Crippen LogP contribution in [0.1, 0.15) is 11.1 Å². The van der Waals surface area contributed by atoms with Crippen molar-refractivity contribution in [2.45, 2.75) is 16.2 Å². The van der Waals surface area contributed by atoms with Gasteiger partial charge in [-0.15, -0.1) is 0 Å². The molecule has 17 rings (SSSR count). The Morgan fingerprint density at radius 1 is 0.397 bits per heavy atom. The molecular formula is C71H47N5SSi. The Hall–Kier alpha value is -9.53. The van der Waals surface area contributed by atoms with Crippen LogP contribution in [-0.2, 0) is 6.42 Å². The summed E-state index contributed by atoms with van der Waals surface area (Å²) in [5.41, 5.74) is 24.7. The van der Waals surface area contributed by atoms with E-state index in [1.54, 1.807) is 10.4 Å². The number of nitrogens with one attached hydrogen (secondary N) is 2. The molecular weight excluding hydrogens is 983 g/mol. The average molecular weight is 1030 g/mol. The largest absolute Gasteiger partial charge is 0.354 e. The molecule has 0 amide bonds. The lowest BCUT2D eigenvalue weighted by molar-refractivity contribution is 1.17. The lowest BCUT2D eigenvalue weighted by Gasteiger charge is -2.32. The third-order valence-electron chi connectivity index (χ3n) is 16.1. The van der Waals surface area contributed by atoms with E-state index in [0.717, 1.165) is 34.6 Å². The molecule has 78 heavy (non-hydrogen) atoms. The summed E-state index contributed by atoms with van der Waals surface area (Å²) in [6, 6.07) is 87.9. The van der Waals surface area contributed by atoms with Gasteiger partial charge >= 0.3 is 0 Å². The molecule has 5 heterocycles. The summed E-state index contributed by atoms with van der Waals surface area (Å²) in [5, 5.41) is 8.32. The van der Waals surface area contributed by atoms with Gasteiger partial charge in [-0.2, -0.15) is 0 Å². The van der Waals surface area contributed by atoms with Gasteiger partial charge in [0, 0.05) is 76.4 Å². The minimum atomic E-state index is -0.430. The maximum absolute atomic E-state index is 4.83. The van der Waals surface area contributed by atoms with Crippen LogP contribution in [0.4, 0.5) is 17.1 Å². The molecule has 14 aromatic rings. The summed E-state index contributed by atoms with van der Waals surface area (Å²) < 4.78 is 0. The molecule has 11 aromatic carbocycles. The number of benzene rings is 11. The number of rotatable bonds is 5. The van der Waals surface area contributed by atoms with Gasteiger partial charge in [0.05, 0.1) is 26.6 Å². The molecule has 5 nitrogen and oxygen atoms in total. The Bertz CT molecular complexity index is 4670. The number of hydrogen-bond acceptors (Lipinski definition) is 4. The average Bonchev–Trinajstić information content (AvgIpc) is 4.29. The van der Waals surface area contributed by atoms with Crippen LogP contribution in [0.25, 0.3) is 111 Å². The fourth-order valence-corrected chi connectivity index (χ4v) is 15.4. The third kappa shape index (κ3) is 7.46. The van der Waals surface area contributed by atoms with E-state index in [0.29, 0.717) is 0 Å². The van der Waals surface area contributed by atoms with Gasteiger partial charge in [0.25, 0.3) is 0 Å². The van der Waals surface area contributed by atoms with Crippen molar-refractivity contribution in [1.82, 2.24) is 19.9 Å². The number of anilines is 3. The molecule has 0 radical (unpaired) electrons. The first kappa shape index (κ1) is 44.7. The van der Waals surface area contributed by atoms with Crippen LogP contribution in [0.5, 0.6) is 0 Å². The maximum atomic E-state index is 4.83. The Balaban J connectivity index is 0.000000131. The van der Waals surface area contributed by atoms with Crippen molar-refractivity contribution in [2.24, 2.45) is 0 Å². The topological polar surface area (TPSA) is 60.6 Å². The van der Waals surface area contributed by atoms with Crippen LogP contribution in [0.2, 0.25) is 0 Å². The van der Waals surface area contributed by atoms with Crippen LogP contribution in [-0.4, -0.2) is 29.5 Å². The van der Waals surface area contributed by atoms with Crippen molar-refractivity contribution >= 4 is 92.3 Å². The van der Waals surface area contributed by atoms with Crippen LogP contribution >= 0.6 is 11.8 Å². The molecule has 7 heteroatoms. The highest BCUT2D eigenvalue weighted by Crippen LogP contribution is 2.51. The van der Waals surface area contributed by atoms with Gasteiger partial charge in [-0.25, -0.2) is 9.97 Å². The first-order valence-corrected chi connectivity index (χ1v) is 28.9. The Labute approximate surface area is 457 Å². The lowest BCUT2D eigenvalue weighted by atomic mass is 9.96. The molecule has 0 fully saturated rings. The SMILES string of the molecule is c1ccc(-c2ccnc(-c3ccc(-c4cccc5[nH]c6cc7c(cc6c45)Cc4ccccc4-7)cc3)n2)cc1.c1ccc2c(c1)[SiH2]c1cc3c(cc1-2)[nH]c1ccc(-c2ccc(N4c5ccccc5Sc5ccccc54)cc2)cc13. The second-order valence-electron chi connectivity index (χ2n) is 20.6. The summed E-state index contributed by atoms with van der Waals surface area (Å²) in [6.07, 6.45) is 2.83. The predicted molar refractivity (Wildman–Crippen MR) is 329 cm³/mol. The molecule has 0 atom stereocenters. The molecule has 3 aromatic heterocycles. The fourth-order valence-electron chi connectivity index (χ4n) is 12.4. The number of aromatic nitrogens is 4. The van der Waals surface area contributed by atoms with Crippen molar-refractivity contribution in [1.29, 1.82) is 0 Å². The molecule has 0 spiro atoms. The standard InChI is InChI=1S/C36H24N2SSi.C35H23N3/c1-6-12-35-25(7-1)28-20-30-27(21-36(28)40-35)26-19-23(15-18-29(26)37-30)22-13-16-24(17-14-22)38-31-8-2-4-10-33(31)39-34-11-5-3-9-32(34)38;1-2-7-23(8-3-1)31-17-18-36-35(38-31)24-15-13-22(14-16-24)28-11-6-12-32-34(28)30-20-26-19-25-9-4-5-10-27(25)29(26)21-33(30)37-32/h1-21,37H,40H2;1-18,20-21,37H,19H2. The zero-order chi connectivity index (χ0) is 51.3. The summed E-state index contributed by atoms with van der Waals surface area (Å²) in [7, 11) is -0.430. The van der Waals surface area contributed by atoms with E-state index in [4.69, 9.17) is 4.98 Å². The molecule has 3 aliphatic rings. The van der Waals surface area contributed by atoms with Crippen LogP contribution < -0.4 is 15.3 Å². The van der Waals surface area contributed by atoms with Crippen molar-refractivity contribution in [2.75, 3.05) is 4.90 Å². The number of aromatic amines is 2. The number of para-hydroxylation sites is 2. The zero-order valence-electron chi connectivity index (χ0n) is 42.3. The van der Waals surface area contributed by atoms with Crippen molar-refractivity contribution in [3.05, 3.63) is 260 Å². The maximum Gasteiger partial charge on any atom is 0.159 e. The predicted octanol–water partition coefficient (Wildman–Crippen LogP) is 16.7. The molecule has 366 valence electrons. The highest BCUT2D eigenvalue weighted by molar-refractivity contribution is 7.99. The quantitative estimate of drug-likeness (QED) is 0.169. The highest BCUT2D eigenvalue weighted by atomic mass is 32.2. The van der Waals surface area contributed by atoms with Gasteiger partial charge in [-0.1, -0.05) is 186 Å². The van der Waals surface area contributed by atoms with Crippen LogP contribution in [0.3, 0.4) is 0 Å². The first-order valence-electron chi connectivity index (χ1n) is 26.7. The summed E-state index contributed by atoms with van der Waals surface area (Å²) in [5.74, 6) is 0.735. The second kappa shape index (κ2) is 18.1. The fraction of sp³-hybridized carbons (Fsp3) is 0.0141. The van der Waals surface area contributed by atoms with Gasteiger partial charge in [0.1, 0.15) is 0 Å². The van der Waals surface area contributed by atoms with E-state index in [1.165, 1.54) is 121 Å². The first-order chi connectivity index (χ1) is 38.6. The second-order valence-corrected chi connectivity index (χ2v) is 23.6. The third-order valence-corrected chi connectivity index (χ3v) is 19.2. The van der Waals surface area contributed by atoms with Crippen LogP contribution in [0.15, 0.2) is 259 Å². The zero-order valence-corrected chi connectivity index (χ0v) is 44.6. The smallest absolute Gasteiger partial charge is 0.159 e. The minimum Gasteiger partial charge on any atom is -0.354 e. The molecule has 2 aliphatic heterocycles. The van der Waals surface area contributed by atoms with E-state index in [1.807, 2.05) is 42.2 Å². The van der Waals surface area contributed by atoms with Crippen molar-refractivity contribution in [3.63, 3.8) is 0 Å². The van der Waals surface area contributed by atoms with E-state index < -0.39 is 9.52 Å². The van der Waals surface area contributed by atoms with Crippen molar-refractivity contribution in [3.8, 4) is 67.2 Å². The molecule has 0 saturated carbocycles. The van der Waals surface area contributed by atoms with E-state index in [-0.39, 0.29) is 0 Å². The van der Waals surface area contributed by atoms with Gasteiger partial charge in [-0.05, 0) is 141 Å². The van der Waals surface area contributed by atoms with Gasteiger partial charge in [0.15, 0.2) is 5.82 Å². The summed E-state index contributed by atoms with van der Waals surface area (Å²) in [4.78, 5) is 21.7. The monoisotopic (exact) mass is 1030 g/mol. The Morgan fingerprint density at radius 3 is 1.88 bits per heavy atom. The molecule has 0 bridgehead atoms. The van der Waals surface area contributed by atoms with Gasteiger partial charge in [-0.3, -0.25) is 0 Å². The normalized spacial score (nSPS) is 13.0. The minimum absolute atomic E-state index is 0.430. The van der Waals surface area contributed by atoms with Crippen LogP contribution in [0, 0.1) is 0 Å². The molecule has 0 saturated heterocycles. The number of hydrogen-bond donors (Lipinski definition) is 2. The number of nitrogens with zero attached hydrogens (tertiary/aromatic N) is 3. The number of H-pyrrole nitrogens is 2. The number of fused-ring (bicyclic) bond motifs is 14. The van der Waals surface area contributed by atoms with E-state index in [9.17, 15) is 0 Å². The Morgan fingerprint density at radius 2 is 1.05 bits per heavy atom. The van der Waals surface area contributed by atoms with Crippen molar-refractivity contribution < 1.29 is 0 Å². The highest BCUT2D eigenvalue weighted by Gasteiger charge is 2.26. The molecule has 0 unspecified atom stereocenters. The van der Waals surface area contributed by atoms with Gasteiger partial charge < -0.3 is 14.9 Å². The summed E-state index contributed by atoms with van der Waals surface area (Å²) >= 11 is 1.85. The van der Waals surface area contributed by atoms with E-state index >= 15 is 0 Å².